The van der Waals surface area contributed by atoms with Crippen molar-refractivity contribution in [1.82, 2.24) is 14.5 Å². The van der Waals surface area contributed by atoms with Gasteiger partial charge >= 0.3 is 0 Å². The van der Waals surface area contributed by atoms with Crippen LogP contribution in [0.25, 0.3) is 16.7 Å². The van der Waals surface area contributed by atoms with Crippen LogP contribution in [0.4, 0.5) is 0 Å². The van der Waals surface area contributed by atoms with Crippen LogP contribution in [0.1, 0.15) is 22.8 Å². The molecule has 2 aromatic carbocycles. The number of rotatable bonds is 6. The molecule has 0 bridgehead atoms. The second-order valence-corrected chi connectivity index (χ2v) is 8.40. The van der Waals surface area contributed by atoms with Gasteiger partial charge in [-0.25, -0.2) is 14.5 Å². The largest absolute Gasteiger partial charge is 0.497 e. The van der Waals surface area contributed by atoms with Crippen LogP contribution in [0.3, 0.4) is 0 Å². The molecule has 0 aliphatic rings. The van der Waals surface area contributed by atoms with E-state index in [1.54, 1.807) is 49.7 Å². The summed E-state index contributed by atoms with van der Waals surface area (Å²) in [4.78, 5) is 35.4. The molecule has 4 rings (SSSR count). The number of para-hydroxylation sites is 1. The van der Waals surface area contributed by atoms with Gasteiger partial charge in [0.2, 0.25) is 0 Å². The maximum absolute atomic E-state index is 13.3. The number of pyridine rings is 1. The molecule has 4 aromatic rings. The summed E-state index contributed by atoms with van der Waals surface area (Å²) in [7, 11) is 1.58. The minimum Gasteiger partial charge on any atom is -0.497 e. The summed E-state index contributed by atoms with van der Waals surface area (Å²) in [6.45, 7) is 3.75. The van der Waals surface area contributed by atoms with Gasteiger partial charge in [-0.05, 0) is 67.9 Å². The number of fused-ring (bicyclic) bond motifs is 1. The van der Waals surface area contributed by atoms with E-state index in [0.29, 0.717) is 33.2 Å². The van der Waals surface area contributed by atoms with Crippen molar-refractivity contribution in [1.29, 1.82) is 0 Å². The summed E-state index contributed by atoms with van der Waals surface area (Å²) in [5.74, 6) is 1.11. The first-order chi connectivity index (χ1) is 15.0. The number of Topliss-reactive ketones (excluding diaryl/α,β-unsaturated/α-hetero) is 1. The lowest BCUT2D eigenvalue weighted by Crippen LogP contribution is -2.24. The maximum atomic E-state index is 13.3. The standard InChI is InChI=1S/C24H21N3O3S/c1-15-12-13-25-21(14-15)27-23(29)19-6-4-5-7-20(19)26-24(27)31-16(2)22(28)17-8-10-18(30-3)11-9-17/h4-14,16H,1-3H3. The molecule has 0 aliphatic carbocycles. The molecule has 31 heavy (non-hydrogen) atoms. The van der Waals surface area contributed by atoms with Crippen molar-refractivity contribution in [2.75, 3.05) is 7.11 Å². The van der Waals surface area contributed by atoms with E-state index < -0.39 is 5.25 Å². The van der Waals surface area contributed by atoms with Gasteiger partial charge in [0, 0.05) is 11.8 Å². The lowest BCUT2D eigenvalue weighted by Gasteiger charge is -2.16. The van der Waals surface area contributed by atoms with Gasteiger partial charge in [-0.2, -0.15) is 0 Å². The summed E-state index contributed by atoms with van der Waals surface area (Å²) >= 11 is 1.24. The summed E-state index contributed by atoms with van der Waals surface area (Å²) in [5, 5.41) is 0.470. The van der Waals surface area contributed by atoms with Crippen molar-refractivity contribution in [2.24, 2.45) is 0 Å². The van der Waals surface area contributed by atoms with Crippen LogP contribution in [0.2, 0.25) is 0 Å². The smallest absolute Gasteiger partial charge is 0.267 e. The van der Waals surface area contributed by atoms with Crippen LogP contribution in [-0.4, -0.2) is 32.7 Å². The number of hydrogen-bond acceptors (Lipinski definition) is 6. The lowest BCUT2D eigenvalue weighted by molar-refractivity contribution is 0.0994. The van der Waals surface area contributed by atoms with Crippen molar-refractivity contribution in [3.05, 3.63) is 88.3 Å². The molecule has 6 nitrogen and oxygen atoms in total. The molecule has 0 fully saturated rings. The maximum Gasteiger partial charge on any atom is 0.267 e. The van der Waals surface area contributed by atoms with Crippen molar-refractivity contribution in [3.8, 4) is 11.6 Å². The van der Waals surface area contributed by atoms with Gasteiger partial charge < -0.3 is 4.74 Å². The molecular weight excluding hydrogens is 410 g/mol. The summed E-state index contributed by atoms with van der Waals surface area (Å²) in [5.41, 5.74) is 1.92. The van der Waals surface area contributed by atoms with Crippen molar-refractivity contribution in [3.63, 3.8) is 0 Å². The third-order valence-corrected chi connectivity index (χ3v) is 5.95. The molecule has 0 amide bonds. The number of ketones is 1. The highest BCUT2D eigenvalue weighted by atomic mass is 32.2. The number of aromatic nitrogens is 3. The van der Waals surface area contributed by atoms with E-state index in [1.165, 1.54) is 16.3 Å². The second-order valence-electron chi connectivity index (χ2n) is 7.10. The number of nitrogens with zero attached hydrogens (tertiary/aromatic N) is 3. The van der Waals surface area contributed by atoms with Gasteiger partial charge in [0.15, 0.2) is 10.9 Å². The zero-order valence-corrected chi connectivity index (χ0v) is 18.2. The zero-order chi connectivity index (χ0) is 22.0. The van der Waals surface area contributed by atoms with Crippen LogP contribution >= 0.6 is 11.8 Å². The number of aryl methyl sites for hydroxylation is 1. The number of methoxy groups -OCH3 is 1. The first-order valence-electron chi connectivity index (χ1n) is 9.77. The highest BCUT2D eigenvalue weighted by Crippen LogP contribution is 2.27. The fourth-order valence-corrected chi connectivity index (χ4v) is 4.23. The molecule has 1 atom stereocenters. The van der Waals surface area contributed by atoms with Gasteiger partial charge in [0.25, 0.3) is 5.56 Å². The molecule has 0 saturated carbocycles. The average molecular weight is 432 g/mol. The fraction of sp³-hybridized carbons (Fsp3) is 0.167. The minimum atomic E-state index is -0.461. The first-order valence-corrected chi connectivity index (χ1v) is 10.7. The van der Waals surface area contributed by atoms with Crippen molar-refractivity contribution >= 4 is 28.4 Å². The number of thioether (sulfide) groups is 1. The Balaban J connectivity index is 1.77. The van der Waals surface area contributed by atoms with Gasteiger partial charge in [-0.1, -0.05) is 23.9 Å². The second kappa shape index (κ2) is 8.73. The van der Waals surface area contributed by atoms with Crippen LogP contribution in [0.5, 0.6) is 5.75 Å². The van der Waals surface area contributed by atoms with Gasteiger partial charge in [0.1, 0.15) is 11.6 Å². The molecule has 0 saturated heterocycles. The number of carbonyl (C=O) groups is 1. The Hall–Kier alpha value is -3.45. The third kappa shape index (κ3) is 4.22. The molecule has 7 heteroatoms. The molecule has 2 aromatic heterocycles. The SMILES string of the molecule is COc1ccc(C(=O)C(C)Sc2nc3ccccc3c(=O)n2-c2cc(C)ccn2)cc1. The summed E-state index contributed by atoms with van der Waals surface area (Å²) in [6, 6.07) is 17.9. The highest BCUT2D eigenvalue weighted by molar-refractivity contribution is 8.00. The monoisotopic (exact) mass is 431 g/mol. The molecule has 1 unspecified atom stereocenters. The van der Waals surface area contributed by atoms with E-state index in [9.17, 15) is 9.59 Å². The minimum absolute atomic E-state index is 0.0567. The van der Waals surface area contributed by atoms with E-state index in [4.69, 9.17) is 9.72 Å². The quantitative estimate of drug-likeness (QED) is 0.255. The molecule has 156 valence electrons. The molecular formula is C24H21N3O3S. The fourth-order valence-electron chi connectivity index (χ4n) is 3.24. The van der Waals surface area contributed by atoms with E-state index in [1.807, 2.05) is 38.1 Å². The van der Waals surface area contributed by atoms with E-state index in [0.717, 1.165) is 5.56 Å². The summed E-state index contributed by atoms with van der Waals surface area (Å²) in [6.07, 6.45) is 1.66. The van der Waals surface area contributed by atoms with Crippen LogP contribution < -0.4 is 10.3 Å². The van der Waals surface area contributed by atoms with Gasteiger partial charge in [-0.3, -0.25) is 9.59 Å². The van der Waals surface area contributed by atoms with Crippen molar-refractivity contribution in [2.45, 2.75) is 24.3 Å². The Bertz CT molecular complexity index is 1320. The topological polar surface area (TPSA) is 74.1 Å². The average Bonchev–Trinajstić information content (AvgIpc) is 2.79. The molecule has 0 spiro atoms. The Morgan fingerprint density at radius 3 is 2.55 bits per heavy atom. The van der Waals surface area contributed by atoms with Crippen LogP contribution in [0.15, 0.2) is 76.8 Å². The predicted octanol–water partition coefficient (Wildman–Crippen LogP) is 4.46. The normalized spacial score (nSPS) is 12.0. The number of carbonyl (C=O) groups excluding carboxylic acids is 1. The predicted molar refractivity (Wildman–Crippen MR) is 123 cm³/mol. The zero-order valence-electron chi connectivity index (χ0n) is 17.4. The Morgan fingerprint density at radius 2 is 1.84 bits per heavy atom. The molecule has 0 aliphatic heterocycles. The van der Waals surface area contributed by atoms with Crippen molar-refractivity contribution < 1.29 is 9.53 Å². The number of ether oxygens (including phenoxy) is 1. The Morgan fingerprint density at radius 1 is 1.10 bits per heavy atom. The highest BCUT2D eigenvalue weighted by Gasteiger charge is 2.22. The van der Waals surface area contributed by atoms with Gasteiger partial charge in [-0.15, -0.1) is 0 Å². The Kier molecular flexibility index (Phi) is 5.86. The molecule has 2 heterocycles. The van der Waals surface area contributed by atoms with E-state index in [2.05, 4.69) is 4.98 Å². The van der Waals surface area contributed by atoms with Gasteiger partial charge in [0.05, 0.1) is 23.3 Å². The molecule has 0 N–H and O–H groups in total. The summed E-state index contributed by atoms with van der Waals surface area (Å²) < 4.78 is 6.65. The van der Waals surface area contributed by atoms with Crippen LogP contribution in [0, 0.1) is 6.92 Å². The lowest BCUT2D eigenvalue weighted by atomic mass is 10.1. The number of benzene rings is 2. The van der Waals surface area contributed by atoms with Crippen LogP contribution in [-0.2, 0) is 0 Å². The molecule has 0 radical (unpaired) electrons. The number of hydrogen-bond donors (Lipinski definition) is 0. The van der Waals surface area contributed by atoms with E-state index >= 15 is 0 Å². The third-order valence-electron chi connectivity index (χ3n) is 4.90. The first kappa shape index (κ1) is 20.8. The van der Waals surface area contributed by atoms with E-state index in [-0.39, 0.29) is 11.3 Å². The Labute approximate surface area is 183 Å².